The van der Waals surface area contributed by atoms with Gasteiger partial charge in [0.2, 0.25) is 0 Å². The van der Waals surface area contributed by atoms with Crippen molar-refractivity contribution in [2.24, 2.45) is 0 Å². The highest BCUT2D eigenvalue weighted by atomic mass is 32.2. The van der Waals surface area contributed by atoms with Gasteiger partial charge in [-0.1, -0.05) is 11.8 Å². The van der Waals surface area contributed by atoms with E-state index < -0.39 is 0 Å². The third-order valence-electron chi connectivity index (χ3n) is 2.00. The molecule has 1 aromatic heterocycles. The summed E-state index contributed by atoms with van der Waals surface area (Å²) in [5.41, 5.74) is 0.926. The van der Waals surface area contributed by atoms with Crippen LogP contribution in [0.2, 0.25) is 0 Å². The molecule has 1 aromatic rings. The van der Waals surface area contributed by atoms with Crippen molar-refractivity contribution in [1.29, 1.82) is 0 Å². The Morgan fingerprint density at radius 3 is 3.29 bits per heavy atom. The lowest BCUT2D eigenvalue weighted by Crippen LogP contribution is -2.39. The molecule has 2 rings (SSSR count). The largest absolute Gasteiger partial charge is 0.440 e. The van der Waals surface area contributed by atoms with Crippen LogP contribution in [0.5, 0.6) is 0 Å². The SMILES string of the molecule is Cc1coc(SCC2CNCCO2)n1. The Balaban J connectivity index is 1.76. The molecule has 1 N–H and O–H groups in total. The number of hydrogen-bond donors (Lipinski definition) is 1. The van der Waals surface area contributed by atoms with Crippen LogP contribution in [-0.4, -0.2) is 36.5 Å². The summed E-state index contributed by atoms with van der Waals surface area (Å²) in [5, 5.41) is 4.02. The van der Waals surface area contributed by atoms with Crippen LogP contribution in [-0.2, 0) is 4.74 Å². The minimum Gasteiger partial charge on any atom is -0.440 e. The summed E-state index contributed by atoms with van der Waals surface area (Å²) in [7, 11) is 0. The number of rotatable bonds is 3. The lowest BCUT2D eigenvalue weighted by atomic mass is 10.3. The zero-order valence-corrected chi connectivity index (χ0v) is 8.97. The molecule has 14 heavy (non-hydrogen) atoms. The third-order valence-corrected chi connectivity index (χ3v) is 2.97. The van der Waals surface area contributed by atoms with Crippen molar-refractivity contribution < 1.29 is 9.15 Å². The Labute approximate surface area is 87.4 Å². The van der Waals surface area contributed by atoms with E-state index in [2.05, 4.69) is 10.3 Å². The quantitative estimate of drug-likeness (QED) is 0.762. The predicted octanol–water partition coefficient (Wildman–Crippen LogP) is 1.06. The highest BCUT2D eigenvalue weighted by Crippen LogP contribution is 2.18. The Hall–Kier alpha value is -0.520. The lowest BCUT2D eigenvalue weighted by Gasteiger charge is -2.22. The van der Waals surface area contributed by atoms with E-state index >= 15 is 0 Å². The van der Waals surface area contributed by atoms with Gasteiger partial charge >= 0.3 is 0 Å². The molecule has 0 aliphatic carbocycles. The number of oxazole rings is 1. The van der Waals surface area contributed by atoms with Crippen LogP contribution in [0.3, 0.4) is 0 Å². The first-order valence-corrected chi connectivity index (χ1v) is 5.70. The number of nitrogens with zero attached hydrogens (tertiary/aromatic N) is 1. The van der Waals surface area contributed by atoms with Gasteiger partial charge in [-0.3, -0.25) is 0 Å². The van der Waals surface area contributed by atoms with Gasteiger partial charge in [0.15, 0.2) is 0 Å². The molecule has 1 unspecified atom stereocenters. The van der Waals surface area contributed by atoms with Gasteiger partial charge in [-0.15, -0.1) is 0 Å². The molecule has 0 spiro atoms. The van der Waals surface area contributed by atoms with Gasteiger partial charge in [0.25, 0.3) is 5.22 Å². The van der Waals surface area contributed by atoms with Crippen LogP contribution in [0, 0.1) is 6.92 Å². The lowest BCUT2D eigenvalue weighted by molar-refractivity contribution is 0.0439. The van der Waals surface area contributed by atoms with Crippen LogP contribution in [0.1, 0.15) is 5.69 Å². The van der Waals surface area contributed by atoms with E-state index in [9.17, 15) is 0 Å². The number of morpholine rings is 1. The van der Waals surface area contributed by atoms with Crippen molar-refractivity contribution in [2.75, 3.05) is 25.4 Å². The maximum Gasteiger partial charge on any atom is 0.255 e. The fourth-order valence-electron chi connectivity index (χ4n) is 1.29. The Bertz CT molecular complexity index is 284. The molecule has 2 heterocycles. The zero-order valence-electron chi connectivity index (χ0n) is 8.16. The second-order valence-corrected chi connectivity index (χ2v) is 4.23. The van der Waals surface area contributed by atoms with Crippen LogP contribution >= 0.6 is 11.8 Å². The monoisotopic (exact) mass is 214 g/mol. The van der Waals surface area contributed by atoms with Gasteiger partial charge in [-0.25, -0.2) is 4.98 Å². The van der Waals surface area contributed by atoms with E-state index in [1.807, 2.05) is 6.92 Å². The smallest absolute Gasteiger partial charge is 0.255 e. The Kier molecular flexibility index (Phi) is 3.44. The highest BCUT2D eigenvalue weighted by Gasteiger charge is 2.14. The topological polar surface area (TPSA) is 47.3 Å². The molecule has 4 nitrogen and oxygen atoms in total. The van der Waals surface area contributed by atoms with Crippen molar-refractivity contribution in [2.45, 2.75) is 18.3 Å². The Morgan fingerprint density at radius 2 is 2.64 bits per heavy atom. The summed E-state index contributed by atoms with van der Waals surface area (Å²) < 4.78 is 10.8. The molecular formula is C9H14N2O2S. The molecule has 0 aromatic carbocycles. The van der Waals surface area contributed by atoms with Gasteiger partial charge in [0, 0.05) is 18.8 Å². The summed E-state index contributed by atoms with van der Waals surface area (Å²) in [6.45, 7) is 4.61. The summed E-state index contributed by atoms with van der Waals surface area (Å²) in [6.07, 6.45) is 1.95. The first-order chi connectivity index (χ1) is 6.84. The molecule has 1 atom stereocenters. The van der Waals surface area contributed by atoms with Crippen molar-refractivity contribution >= 4 is 11.8 Å². The van der Waals surface area contributed by atoms with Gasteiger partial charge in [-0.05, 0) is 6.92 Å². The average molecular weight is 214 g/mol. The van der Waals surface area contributed by atoms with Gasteiger partial charge in [0.05, 0.1) is 18.4 Å². The number of nitrogens with one attached hydrogen (secondary N) is 1. The molecule has 5 heteroatoms. The molecular weight excluding hydrogens is 200 g/mol. The fourth-order valence-corrected chi connectivity index (χ4v) is 2.16. The number of aryl methyl sites for hydroxylation is 1. The first kappa shape index (κ1) is 10.0. The second kappa shape index (κ2) is 4.82. The van der Waals surface area contributed by atoms with Crippen molar-refractivity contribution in [3.63, 3.8) is 0 Å². The normalized spacial score (nSPS) is 22.5. The van der Waals surface area contributed by atoms with E-state index in [-0.39, 0.29) is 6.10 Å². The summed E-state index contributed by atoms with van der Waals surface area (Å²) in [4.78, 5) is 4.22. The van der Waals surface area contributed by atoms with Crippen LogP contribution < -0.4 is 5.32 Å². The summed E-state index contributed by atoms with van der Waals surface area (Å²) >= 11 is 1.60. The third kappa shape index (κ3) is 2.73. The molecule has 1 aliphatic heterocycles. The standard InChI is InChI=1S/C9H14N2O2S/c1-7-5-13-9(11-7)14-6-8-4-10-2-3-12-8/h5,8,10H,2-4,6H2,1H3. The van der Waals surface area contributed by atoms with Gasteiger partial charge in [0.1, 0.15) is 6.26 Å². The molecule has 0 amide bonds. The molecule has 1 fully saturated rings. The molecule has 78 valence electrons. The van der Waals surface area contributed by atoms with E-state index in [1.54, 1.807) is 18.0 Å². The van der Waals surface area contributed by atoms with Crippen molar-refractivity contribution in [1.82, 2.24) is 10.3 Å². The van der Waals surface area contributed by atoms with Gasteiger partial charge in [-0.2, -0.15) is 0 Å². The first-order valence-electron chi connectivity index (χ1n) is 4.72. The zero-order chi connectivity index (χ0) is 9.80. The maximum absolute atomic E-state index is 5.55. The maximum atomic E-state index is 5.55. The van der Waals surface area contributed by atoms with Crippen LogP contribution in [0.25, 0.3) is 0 Å². The highest BCUT2D eigenvalue weighted by molar-refractivity contribution is 7.99. The van der Waals surface area contributed by atoms with Gasteiger partial charge < -0.3 is 14.5 Å². The minimum atomic E-state index is 0.279. The molecule has 0 saturated carbocycles. The van der Waals surface area contributed by atoms with E-state index in [0.29, 0.717) is 0 Å². The summed E-state index contributed by atoms with van der Waals surface area (Å²) in [5.74, 6) is 0.896. The van der Waals surface area contributed by atoms with Crippen molar-refractivity contribution in [3.05, 3.63) is 12.0 Å². The number of thioether (sulfide) groups is 1. The number of aromatic nitrogens is 1. The minimum absolute atomic E-state index is 0.279. The van der Waals surface area contributed by atoms with Crippen molar-refractivity contribution in [3.8, 4) is 0 Å². The number of ether oxygens (including phenoxy) is 1. The fraction of sp³-hybridized carbons (Fsp3) is 0.667. The predicted molar refractivity (Wildman–Crippen MR) is 54.6 cm³/mol. The van der Waals surface area contributed by atoms with E-state index in [1.165, 1.54) is 0 Å². The van der Waals surface area contributed by atoms with Crippen LogP contribution in [0.4, 0.5) is 0 Å². The van der Waals surface area contributed by atoms with E-state index in [0.717, 1.165) is 36.4 Å². The Morgan fingerprint density at radius 1 is 1.71 bits per heavy atom. The van der Waals surface area contributed by atoms with Crippen LogP contribution in [0.15, 0.2) is 15.9 Å². The number of hydrogen-bond acceptors (Lipinski definition) is 5. The van der Waals surface area contributed by atoms with E-state index in [4.69, 9.17) is 9.15 Å². The second-order valence-electron chi connectivity index (χ2n) is 3.26. The average Bonchev–Trinajstić information content (AvgIpc) is 2.63. The summed E-state index contributed by atoms with van der Waals surface area (Å²) in [6, 6.07) is 0. The molecule has 1 saturated heterocycles. The molecule has 0 radical (unpaired) electrons. The molecule has 1 aliphatic rings. The molecule has 0 bridgehead atoms.